The highest BCUT2D eigenvalue weighted by Crippen LogP contribution is 2.20. The van der Waals surface area contributed by atoms with Crippen LogP contribution in [0.1, 0.15) is 37.6 Å². The van der Waals surface area contributed by atoms with Gasteiger partial charge in [0.1, 0.15) is 0 Å². The average molecular weight is 293 g/mol. The molecule has 1 aromatic carbocycles. The second-order valence-corrected chi connectivity index (χ2v) is 5.38. The lowest BCUT2D eigenvalue weighted by molar-refractivity contribution is 0.0526. The third-order valence-corrected chi connectivity index (χ3v) is 3.45. The number of carbonyl (C=O) groups excluding carboxylic acids is 1. The molecule has 3 N–H and O–H groups in total. The summed E-state index contributed by atoms with van der Waals surface area (Å²) in [6, 6.07) is 5.71. The molecule has 1 rings (SSSR count). The third-order valence-electron chi connectivity index (χ3n) is 3.45. The fourth-order valence-corrected chi connectivity index (χ4v) is 1.86. The fourth-order valence-electron chi connectivity index (χ4n) is 1.86. The molecule has 0 spiro atoms. The minimum absolute atomic E-state index is 0.319. The number of anilines is 2. The molecular weight excluding hydrogens is 266 g/mol. The summed E-state index contributed by atoms with van der Waals surface area (Å²) in [5, 5.41) is 3.29. The van der Waals surface area contributed by atoms with Crippen molar-refractivity contribution in [2.45, 2.75) is 33.2 Å². The fraction of sp³-hybridized carbons (Fsp3) is 0.562. The lowest BCUT2D eigenvalue weighted by atomic mass is 10.1. The highest BCUT2D eigenvalue weighted by Gasteiger charge is 2.09. The van der Waals surface area contributed by atoms with E-state index in [4.69, 9.17) is 10.5 Å². The first kappa shape index (κ1) is 17.3. The zero-order valence-corrected chi connectivity index (χ0v) is 13.5. The Morgan fingerprint density at radius 2 is 2.14 bits per heavy atom. The van der Waals surface area contributed by atoms with Crippen molar-refractivity contribution in [2.24, 2.45) is 0 Å². The maximum atomic E-state index is 11.7. The second kappa shape index (κ2) is 8.52. The minimum Gasteiger partial charge on any atom is -0.462 e. The van der Waals surface area contributed by atoms with Crippen LogP contribution in [0, 0.1) is 0 Å². The Morgan fingerprint density at radius 3 is 2.76 bits per heavy atom. The van der Waals surface area contributed by atoms with Crippen LogP contribution in [0.4, 0.5) is 11.4 Å². The number of carbonyl (C=O) groups is 1. The predicted octanol–water partition coefficient (Wildman–Crippen LogP) is 2.59. The van der Waals surface area contributed by atoms with Crippen molar-refractivity contribution in [3.63, 3.8) is 0 Å². The van der Waals surface area contributed by atoms with Crippen LogP contribution in [-0.2, 0) is 4.74 Å². The summed E-state index contributed by atoms with van der Waals surface area (Å²) in [5.74, 6) is -0.319. The summed E-state index contributed by atoms with van der Waals surface area (Å²) in [6.45, 7) is 8.34. The molecule has 0 aliphatic heterocycles. The molecule has 0 saturated heterocycles. The van der Waals surface area contributed by atoms with Crippen molar-refractivity contribution < 1.29 is 9.53 Å². The lowest BCUT2D eigenvalue weighted by Crippen LogP contribution is -2.28. The molecule has 0 atom stereocenters. The van der Waals surface area contributed by atoms with Gasteiger partial charge in [0.05, 0.1) is 23.5 Å². The van der Waals surface area contributed by atoms with Gasteiger partial charge < -0.3 is 20.7 Å². The quantitative estimate of drug-likeness (QED) is 0.438. The van der Waals surface area contributed by atoms with Crippen molar-refractivity contribution in [1.29, 1.82) is 0 Å². The molecular formula is C16H27N3O2. The van der Waals surface area contributed by atoms with E-state index < -0.39 is 0 Å². The van der Waals surface area contributed by atoms with Gasteiger partial charge >= 0.3 is 5.97 Å². The molecule has 0 radical (unpaired) electrons. The van der Waals surface area contributed by atoms with Gasteiger partial charge in [-0.3, -0.25) is 0 Å². The summed E-state index contributed by atoms with van der Waals surface area (Å²) in [7, 11) is 2.11. The number of nitrogens with two attached hydrogens (primary N) is 1. The van der Waals surface area contributed by atoms with Crippen LogP contribution in [0.5, 0.6) is 0 Å². The average Bonchev–Trinajstić information content (AvgIpc) is 2.45. The first-order chi connectivity index (χ1) is 9.95. The van der Waals surface area contributed by atoms with E-state index in [-0.39, 0.29) is 5.97 Å². The molecule has 0 bridgehead atoms. The van der Waals surface area contributed by atoms with Gasteiger partial charge in [0.25, 0.3) is 0 Å². The Bertz CT molecular complexity index is 461. The number of hydrogen-bond acceptors (Lipinski definition) is 5. The van der Waals surface area contributed by atoms with Crippen molar-refractivity contribution in [3.05, 3.63) is 23.8 Å². The smallest absolute Gasteiger partial charge is 0.338 e. The SMILES string of the molecule is CCOC(=O)c1ccc(N)c(NCCCN(C)C(C)C)c1. The standard InChI is InChI=1S/C16H27N3O2/c1-5-21-16(20)13-7-8-14(17)15(11-13)18-9-6-10-19(4)12(2)3/h7-8,11-12,18H,5-6,9-10,17H2,1-4H3. The normalized spacial score (nSPS) is 11.0. The number of benzene rings is 1. The van der Waals surface area contributed by atoms with Crippen molar-refractivity contribution >= 4 is 17.3 Å². The molecule has 5 nitrogen and oxygen atoms in total. The maximum Gasteiger partial charge on any atom is 0.338 e. The summed E-state index contributed by atoms with van der Waals surface area (Å²) in [4.78, 5) is 14.0. The minimum atomic E-state index is -0.319. The van der Waals surface area contributed by atoms with Crippen LogP contribution in [0.3, 0.4) is 0 Å². The van der Waals surface area contributed by atoms with Gasteiger partial charge in [-0.05, 0) is 59.0 Å². The molecule has 0 aliphatic carbocycles. The van der Waals surface area contributed by atoms with E-state index in [9.17, 15) is 4.79 Å². The van der Waals surface area contributed by atoms with Gasteiger partial charge in [0, 0.05) is 12.6 Å². The number of nitrogen functional groups attached to an aromatic ring is 1. The first-order valence-corrected chi connectivity index (χ1v) is 7.46. The molecule has 0 aromatic heterocycles. The van der Waals surface area contributed by atoms with Gasteiger partial charge in [-0.15, -0.1) is 0 Å². The summed E-state index contributed by atoms with van der Waals surface area (Å²) in [6.07, 6.45) is 1.01. The van der Waals surface area contributed by atoms with E-state index in [1.807, 2.05) is 0 Å². The van der Waals surface area contributed by atoms with Crippen LogP contribution in [-0.4, -0.2) is 43.7 Å². The second-order valence-electron chi connectivity index (χ2n) is 5.38. The molecule has 0 aliphatic rings. The third kappa shape index (κ3) is 5.63. The zero-order chi connectivity index (χ0) is 15.8. The number of ether oxygens (including phenoxy) is 1. The Hall–Kier alpha value is -1.75. The van der Waals surface area contributed by atoms with Gasteiger partial charge in [0.15, 0.2) is 0 Å². The molecule has 118 valence electrons. The number of nitrogens with one attached hydrogen (secondary N) is 1. The van der Waals surface area contributed by atoms with Crippen molar-refractivity contribution in [1.82, 2.24) is 4.90 Å². The van der Waals surface area contributed by atoms with E-state index in [1.54, 1.807) is 25.1 Å². The van der Waals surface area contributed by atoms with Crippen molar-refractivity contribution in [2.75, 3.05) is 37.8 Å². The largest absolute Gasteiger partial charge is 0.462 e. The van der Waals surface area contributed by atoms with Crippen LogP contribution >= 0.6 is 0 Å². The van der Waals surface area contributed by atoms with Crippen LogP contribution in [0.2, 0.25) is 0 Å². The van der Waals surface area contributed by atoms with E-state index >= 15 is 0 Å². The Labute approximate surface area is 127 Å². The van der Waals surface area contributed by atoms with E-state index in [0.29, 0.717) is 23.9 Å². The summed E-state index contributed by atoms with van der Waals surface area (Å²) in [5.41, 5.74) is 7.87. The highest BCUT2D eigenvalue weighted by molar-refractivity contribution is 5.92. The Morgan fingerprint density at radius 1 is 1.43 bits per heavy atom. The molecule has 5 heteroatoms. The first-order valence-electron chi connectivity index (χ1n) is 7.46. The van der Waals surface area contributed by atoms with Crippen LogP contribution < -0.4 is 11.1 Å². The van der Waals surface area contributed by atoms with Crippen LogP contribution in [0.15, 0.2) is 18.2 Å². The summed E-state index contributed by atoms with van der Waals surface area (Å²) < 4.78 is 4.99. The maximum absolute atomic E-state index is 11.7. The van der Waals surface area contributed by atoms with E-state index in [1.165, 1.54) is 0 Å². The van der Waals surface area contributed by atoms with E-state index in [0.717, 1.165) is 25.2 Å². The molecule has 21 heavy (non-hydrogen) atoms. The topological polar surface area (TPSA) is 67.6 Å². The monoisotopic (exact) mass is 293 g/mol. The predicted molar refractivity (Wildman–Crippen MR) is 87.7 cm³/mol. The number of nitrogens with zero attached hydrogens (tertiary/aromatic N) is 1. The molecule has 0 unspecified atom stereocenters. The molecule has 0 heterocycles. The van der Waals surface area contributed by atoms with E-state index in [2.05, 4.69) is 31.1 Å². The Kier molecular flexibility index (Phi) is 7.02. The van der Waals surface area contributed by atoms with Gasteiger partial charge in [-0.25, -0.2) is 4.79 Å². The molecule has 1 aromatic rings. The van der Waals surface area contributed by atoms with Gasteiger partial charge in [-0.1, -0.05) is 0 Å². The van der Waals surface area contributed by atoms with Crippen molar-refractivity contribution in [3.8, 4) is 0 Å². The Balaban J connectivity index is 2.54. The zero-order valence-electron chi connectivity index (χ0n) is 13.5. The lowest BCUT2D eigenvalue weighted by Gasteiger charge is -2.21. The van der Waals surface area contributed by atoms with Gasteiger partial charge in [0.2, 0.25) is 0 Å². The van der Waals surface area contributed by atoms with Gasteiger partial charge in [-0.2, -0.15) is 0 Å². The van der Waals surface area contributed by atoms with Crippen LogP contribution in [0.25, 0.3) is 0 Å². The molecule has 0 amide bonds. The molecule has 0 saturated carbocycles. The summed E-state index contributed by atoms with van der Waals surface area (Å²) >= 11 is 0. The number of esters is 1. The highest BCUT2D eigenvalue weighted by atomic mass is 16.5. The number of hydrogen-bond donors (Lipinski definition) is 2. The molecule has 0 fully saturated rings. The number of rotatable bonds is 8.